The number of sulfonamides is 1. The maximum Gasteiger partial charge on any atom is 0.240 e. The van der Waals surface area contributed by atoms with Gasteiger partial charge in [0.2, 0.25) is 10.0 Å². The van der Waals surface area contributed by atoms with Gasteiger partial charge in [-0.3, -0.25) is 4.79 Å². The summed E-state index contributed by atoms with van der Waals surface area (Å²) in [5, 5.41) is 11.9. The Balaban J connectivity index is 1.77. The van der Waals surface area contributed by atoms with Crippen LogP contribution < -0.4 is 4.72 Å². The van der Waals surface area contributed by atoms with Gasteiger partial charge in [-0.25, -0.2) is 13.1 Å². The molecule has 0 aliphatic rings. The Hall–Kier alpha value is -2.62. The third-order valence-corrected chi connectivity index (χ3v) is 5.27. The zero-order chi connectivity index (χ0) is 18.7. The van der Waals surface area contributed by atoms with Crippen LogP contribution in [0.1, 0.15) is 23.1 Å². The first-order valence-electron chi connectivity index (χ1n) is 7.51. The highest BCUT2D eigenvalue weighted by Crippen LogP contribution is 2.14. The van der Waals surface area contributed by atoms with Crippen molar-refractivity contribution in [2.75, 3.05) is 0 Å². The molecular formula is C16H14ClN5O3S. The lowest BCUT2D eigenvalue weighted by atomic mass is 10.2. The summed E-state index contributed by atoms with van der Waals surface area (Å²) in [6.45, 7) is 1.31. The van der Waals surface area contributed by atoms with Crippen molar-refractivity contribution >= 4 is 27.4 Å². The molecule has 0 fully saturated rings. The zero-order valence-electron chi connectivity index (χ0n) is 13.6. The third kappa shape index (κ3) is 3.96. The second-order valence-corrected chi connectivity index (χ2v) is 7.59. The standard InChI is InChI=1S/C16H14ClN5O3S/c1-11(23)12-2-8-15(9-3-12)26(24,25)18-10-16-19-20-21-22(16)14-6-4-13(17)5-7-14/h2-9,18H,10H2,1H3. The van der Waals surface area contributed by atoms with Gasteiger partial charge in [0.25, 0.3) is 0 Å². The minimum absolute atomic E-state index is 0.0491. The summed E-state index contributed by atoms with van der Waals surface area (Å²) >= 11 is 5.86. The number of aromatic nitrogens is 4. The maximum absolute atomic E-state index is 12.4. The van der Waals surface area contributed by atoms with Crippen molar-refractivity contribution in [1.82, 2.24) is 24.9 Å². The molecule has 0 bridgehead atoms. The van der Waals surface area contributed by atoms with Gasteiger partial charge in [-0.15, -0.1) is 5.10 Å². The van der Waals surface area contributed by atoms with E-state index in [0.717, 1.165) is 0 Å². The second-order valence-electron chi connectivity index (χ2n) is 5.39. The number of hydrogen-bond donors (Lipinski definition) is 1. The van der Waals surface area contributed by atoms with Gasteiger partial charge in [0, 0.05) is 10.6 Å². The quantitative estimate of drug-likeness (QED) is 0.644. The van der Waals surface area contributed by atoms with E-state index in [9.17, 15) is 13.2 Å². The number of rotatable bonds is 6. The molecule has 0 aliphatic carbocycles. The van der Waals surface area contributed by atoms with Crippen molar-refractivity contribution in [1.29, 1.82) is 0 Å². The minimum atomic E-state index is -3.78. The molecule has 8 nitrogen and oxygen atoms in total. The van der Waals surface area contributed by atoms with E-state index in [0.29, 0.717) is 22.1 Å². The number of nitrogens with zero attached hydrogens (tertiary/aromatic N) is 4. The Kier molecular flexibility index (Phi) is 5.12. The lowest BCUT2D eigenvalue weighted by Gasteiger charge is -2.08. The van der Waals surface area contributed by atoms with Crippen molar-refractivity contribution in [3.8, 4) is 5.69 Å². The molecule has 0 unspecified atom stereocenters. The number of carbonyl (C=O) groups excluding carboxylic acids is 1. The normalized spacial score (nSPS) is 11.5. The first-order chi connectivity index (χ1) is 12.4. The number of benzene rings is 2. The van der Waals surface area contributed by atoms with Crippen LogP contribution in [0.15, 0.2) is 53.4 Å². The lowest BCUT2D eigenvalue weighted by molar-refractivity contribution is 0.101. The van der Waals surface area contributed by atoms with E-state index in [-0.39, 0.29) is 17.2 Å². The topological polar surface area (TPSA) is 107 Å². The molecule has 0 amide bonds. The van der Waals surface area contributed by atoms with Crippen LogP contribution >= 0.6 is 11.6 Å². The van der Waals surface area contributed by atoms with E-state index in [1.54, 1.807) is 24.3 Å². The molecule has 1 heterocycles. The Labute approximate surface area is 154 Å². The van der Waals surface area contributed by atoms with Crippen LogP contribution in [0, 0.1) is 0 Å². The number of ketones is 1. The van der Waals surface area contributed by atoms with Crippen LogP contribution in [0.4, 0.5) is 0 Å². The van der Waals surface area contributed by atoms with Crippen molar-refractivity contribution in [3.05, 3.63) is 64.9 Å². The fraction of sp³-hybridized carbons (Fsp3) is 0.125. The average molecular weight is 392 g/mol. The molecule has 134 valence electrons. The van der Waals surface area contributed by atoms with Gasteiger partial charge in [0.05, 0.1) is 17.1 Å². The zero-order valence-corrected chi connectivity index (χ0v) is 15.2. The minimum Gasteiger partial charge on any atom is -0.295 e. The van der Waals surface area contributed by atoms with E-state index in [1.165, 1.54) is 35.9 Å². The molecule has 0 spiro atoms. The number of Topliss-reactive ketones (excluding diaryl/α,β-unsaturated/α-hetero) is 1. The summed E-state index contributed by atoms with van der Waals surface area (Å²) in [7, 11) is -3.78. The molecule has 1 N–H and O–H groups in total. The lowest BCUT2D eigenvalue weighted by Crippen LogP contribution is -2.25. The number of tetrazole rings is 1. The summed E-state index contributed by atoms with van der Waals surface area (Å²) in [4.78, 5) is 11.3. The smallest absolute Gasteiger partial charge is 0.240 e. The van der Waals surface area contributed by atoms with Gasteiger partial charge in [-0.2, -0.15) is 4.68 Å². The predicted molar refractivity (Wildman–Crippen MR) is 94.6 cm³/mol. The van der Waals surface area contributed by atoms with Gasteiger partial charge >= 0.3 is 0 Å². The first kappa shape index (κ1) is 18.2. The van der Waals surface area contributed by atoms with Crippen molar-refractivity contribution in [2.45, 2.75) is 18.4 Å². The molecule has 3 aromatic rings. The summed E-state index contributed by atoms with van der Waals surface area (Å²) in [5.74, 6) is 0.181. The van der Waals surface area contributed by atoms with Gasteiger partial charge in [0.15, 0.2) is 11.6 Å². The predicted octanol–water partition coefficient (Wildman–Crippen LogP) is 2.00. The van der Waals surface area contributed by atoms with Crippen LogP contribution in [0.2, 0.25) is 5.02 Å². The van der Waals surface area contributed by atoms with Gasteiger partial charge in [-0.05, 0) is 53.7 Å². The summed E-state index contributed by atoms with van der Waals surface area (Å²) < 4.78 is 28.7. The number of carbonyl (C=O) groups is 1. The fourth-order valence-electron chi connectivity index (χ4n) is 2.21. The van der Waals surface area contributed by atoms with Crippen LogP contribution in [-0.4, -0.2) is 34.4 Å². The molecule has 0 saturated carbocycles. The average Bonchev–Trinajstić information content (AvgIpc) is 3.09. The Morgan fingerprint density at radius 3 is 2.38 bits per heavy atom. The molecular weight excluding hydrogens is 378 g/mol. The van der Waals surface area contributed by atoms with Crippen molar-refractivity contribution in [2.24, 2.45) is 0 Å². The van der Waals surface area contributed by atoms with Crippen molar-refractivity contribution < 1.29 is 13.2 Å². The summed E-state index contributed by atoms with van der Waals surface area (Å²) in [6, 6.07) is 12.5. The molecule has 26 heavy (non-hydrogen) atoms. The summed E-state index contributed by atoms with van der Waals surface area (Å²) in [5.41, 5.74) is 1.09. The molecule has 0 atom stereocenters. The highest BCUT2D eigenvalue weighted by molar-refractivity contribution is 7.89. The van der Waals surface area contributed by atoms with Gasteiger partial charge in [0.1, 0.15) is 0 Å². The van der Waals surface area contributed by atoms with Crippen LogP contribution in [0.3, 0.4) is 0 Å². The van der Waals surface area contributed by atoms with Gasteiger partial charge in [-0.1, -0.05) is 23.7 Å². The molecule has 10 heteroatoms. The van der Waals surface area contributed by atoms with Gasteiger partial charge < -0.3 is 0 Å². The summed E-state index contributed by atoms with van der Waals surface area (Å²) in [6.07, 6.45) is 0. The number of hydrogen-bond acceptors (Lipinski definition) is 6. The first-order valence-corrected chi connectivity index (χ1v) is 9.37. The van der Waals surface area contributed by atoms with Crippen LogP contribution in [0.5, 0.6) is 0 Å². The maximum atomic E-state index is 12.4. The largest absolute Gasteiger partial charge is 0.295 e. The molecule has 0 radical (unpaired) electrons. The number of halogens is 1. The van der Waals surface area contributed by atoms with E-state index in [1.807, 2.05) is 0 Å². The van der Waals surface area contributed by atoms with E-state index < -0.39 is 10.0 Å². The van der Waals surface area contributed by atoms with E-state index in [4.69, 9.17) is 11.6 Å². The van der Waals surface area contributed by atoms with E-state index in [2.05, 4.69) is 20.2 Å². The second kappa shape index (κ2) is 7.32. The number of nitrogens with one attached hydrogen (secondary N) is 1. The SMILES string of the molecule is CC(=O)c1ccc(S(=O)(=O)NCc2nnnn2-c2ccc(Cl)cc2)cc1. The Morgan fingerprint density at radius 2 is 1.77 bits per heavy atom. The molecule has 3 rings (SSSR count). The highest BCUT2D eigenvalue weighted by Gasteiger charge is 2.17. The molecule has 0 aliphatic heterocycles. The van der Waals surface area contributed by atoms with Crippen LogP contribution in [0.25, 0.3) is 5.69 Å². The third-order valence-electron chi connectivity index (χ3n) is 3.60. The fourth-order valence-corrected chi connectivity index (χ4v) is 3.32. The van der Waals surface area contributed by atoms with E-state index >= 15 is 0 Å². The monoisotopic (exact) mass is 391 g/mol. The van der Waals surface area contributed by atoms with Crippen LogP contribution in [-0.2, 0) is 16.6 Å². The molecule has 2 aromatic carbocycles. The molecule has 1 aromatic heterocycles. The highest BCUT2D eigenvalue weighted by atomic mass is 35.5. The van der Waals surface area contributed by atoms with Crippen molar-refractivity contribution in [3.63, 3.8) is 0 Å². The Bertz CT molecular complexity index is 1030. The Morgan fingerprint density at radius 1 is 1.12 bits per heavy atom. The molecule has 0 saturated heterocycles.